The summed E-state index contributed by atoms with van der Waals surface area (Å²) in [6, 6.07) is 9.58. The van der Waals surface area contributed by atoms with E-state index in [1.807, 2.05) is 11.5 Å². The number of benzene rings is 1. The summed E-state index contributed by atoms with van der Waals surface area (Å²) in [6.45, 7) is 2.71. The number of carbonyl (C=O) groups is 1. The summed E-state index contributed by atoms with van der Waals surface area (Å²) >= 11 is 1.21. The van der Waals surface area contributed by atoms with Crippen molar-refractivity contribution >= 4 is 29.0 Å². The zero-order valence-corrected chi connectivity index (χ0v) is 15.3. The number of hydrogen-bond acceptors (Lipinski definition) is 7. The second kappa shape index (κ2) is 8.49. The molecule has 0 aliphatic carbocycles. The Balaban J connectivity index is 1.70. The Morgan fingerprint density at radius 3 is 2.81 bits per heavy atom. The first-order chi connectivity index (χ1) is 13.1. The second-order valence-electron chi connectivity index (χ2n) is 5.55. The zero-order valence-electron chi connectivity index (χ0n) is 14.5. The summed E-state index contributed by atoms with van der Waals surface area (Å²) in [5, 5.41) is 22.5. The van der Waals surface area contributed by atoms with Gasteiger partial charge in [-0.1, -0.05) is 30.8 Å². The summed E-state index contributed by atoms with van der Waals surface area (Å²) in [4.78, 5) is 22.7. The number of carbonyl (C=O) groups excluding carboxylic acids is 1. The van der Waals surface area contributed by atoms with E-state index in [-0.39, 0.29) is 23.0 Å². The number of hydrogen-bond donors (Lipinski definition) is 1. The Labute approximate surface area is 158 Å². The first kappa shape index (κ1) is 18.6. The molecule has 1 N–H and O–H groups in total. The summed E-state index contributed by atoms with van der Waals surface area (Å²) < 4.78 is 7.27. The summed E-state index contributed by atoms with van der Waals surface area (Å²) in [7, 11) is 0. The van der Waals surface area contributed by atoms with Crippen molar-refractivity contribution in [2.45, 2.75) is 25.0 Å². The number of amides is 1. The third-order valence-corrected chi connectivity index (χ3v) is 4.58. The fourth-order valence-corrected chi connectivity index (χ4v) is 3.23. The molecule has 0 unspecified atom stereocenters. The number of thioether (sulfide) groups is 1. The zero-order chi connectivity index (χ0) is 19.2. The molecule has 10 heteroatoms. The van der Waals surface area contributed by atoms with Gasteiger partial charge in [0.15, 0.2) is 16.7 Å². The van der Waals surface area contributed by atoms with Crippen LogP contribution in [0.4, 0.5) is 11.4 Å². The molecule has 0 aliphatic heterocycles. The average molecular weight is 387 g/mol. The standard InChI is InChI=1S/C17H17N5O4S/c1-2-9-21-16(14-8-5-10-26-14)19-20-17(21)27-11-15(23)18-12-6-3-4-7-13(12)22(24)25/h3-8,10H,2,9,11H2,1H3,(H,18,23). The van der Waals surface area contributed by atoms with E-state index < -0.39 is 4.92 Å². The number of nitrogens with zero attached hydrogens (tertiary/aromatic N) is 4. The van der Waals surface area contributed by atoms with E-state index in [2.05, 4.69) is 15.5 Å². The van der Waals surface area contributed by atoms with Crippen molar-refractivity contribution in [2.75, 3.05) is 11.1 Å². The SMILES string of the molecule is CCCn1c(SCC(=O)Nc2ccccc2[N+](=O)[O-])nnc1-c1ccco1. The van der Waals surface area contributed by atoms with Gasteiger partial charge in [-0.3, -0.25) is 19.5 Å². The van der Waals surface area contributed by atoms with E-state index in [1.165, 1.54) is 23.9 Å². The number of nitro groups is 1. The van der Waals surface area contributed by atoms with Crippen LogP contribution in [0.15, 0.2) is 52.2 Å². The molecule has 3 aromatic rings. The molecule has 2 aromatic heterocycles. The van der Waals surface area contributed by atoms with Crippen LogP contribution in [-0.4, -0.2) is 31.3 Å². The maximum Gasteiger partial charge on any atom is 0.292 e. The number of rotatable bonds is 8. The first-order valence-corrected chi connectivity index (χ1v) is 9.22. The Morgan fingerprint density at radius 2 is 2.11 bits per heavy atom. The Morgan fingerprint density at radius 1 is 1.30 bits per heavy atom. The largest absolute Gasteiger partial charge is 0.461 e. The number of furan rings is 1. The lowest BCUT2D eigenvalue weighted by molar-refractivity contribution is -0.383. The highest BCUT2D eigenvalue weighted by atomic mass is 32.2. The highest BCUT2D eigenvalue weighted by Gasteiger charge is 2.18. The summed E-state index contributed by atoms with van der Waals surface area (Å²) in [6.07, 6.45) is 2.43. The fraction of sp³-hybridized carbons (Fsp3) is 0.235. The van der Waals surface area contributed by atoms with E-state index >= 15 is 0 Å². The summed E-state index contributed by atoms with van der Waals surface area (Å²) in [5.41, 5.74) is 0.0181. The predicted molar refractivity (Wildman–Crippen MR) is 100 cm³/mol. The number of nitro benzene ring substituents is 1. The topological polar surface area (TPSA) is 116 Å². The van der Waals surface area contributed by atoms with Gasteiger partial charge in [0.05, 0.1) is 16.9 Å². The summed E-state index contributed by atoms with van der Waals surface area (Å²) in [5.74, 6) is 0.891. The fourth-order valence-electron chi connectivity index (χ4n) is 2.46. The first-order valence-electron chi connectivity index (χ1n) is 8.23. The number of anilines is 1. The third-order valence-electron chi connectivity index (χ3n) is 3.61. The maximum absolute atomic E-state index is 12.2. The van der Waals surface area contributed by atoms with Crippen LogP contribution in [-0.2, 0) is 11.3 Å². The van der Waals surface area contributed by atoms with Gasteiger partial charge in [-0.05, 0) is 24.6 Å². The van der Waals surface area contributed by atoms with E-state index in [4.69, 9.17) is 4.42 Å². The van der Waals surface area contributed by atoms with Crippen LogP contribution in [0.5, 0.6) is 0 Å². The average Bonchev–Trinajstić information content (AvgIpc) is 3.30. The van der Waals surface area contributed by atoms with Gasteiger partial charge in [0.1, 0.15) is 5.69 Å². The lowest BCUT2D eigenvalue weighted by atomic mass is 10.2. The number of para-hydroxylation sites is 2. The molecular formula is C17H17N5O4S. The van der Waals surface area contributed by atoms with Gasteiger partial charge < -0.3 is 9.73 Å². The highest BCUT2D eigenvalue weighted by molar-refractivity contribution is 7.99. The van der Waals surface area contributed by atoms with Crippen molar-refractivity contribution < 1.29 is 14.1 Å². The normalized spacial score (nSPS) is 10.7. The minimum absolute atomic E-state index is 0.0477. The van der Waals surface area contributed by atoms with Gasteiger partial charge in [0.25, 0.3) is 5.69 Å². The molecule has 0 radical (unpaired) electrons. The monoisotopic (exact) mass is 387 g/mol. The molecule has 0 spiro atoms. The van der Waals surface area contributed by atoms with Gasteiger partial charge in [0.2, 0.25) is 5.91 Å². The van der Waals surface area contributed by atoms with Gasteiger partial charge in [-0.2, -0.15) is 0 Å². The molecule has 0 bridgehead atoms. The minimum atomic E-state index is -0.531. The molecule has 0 saturated heterocycles. The Hall–Kier alpha value is -3.14. The van der Waals surface area contributed by atoms with Gasteiger partial charge >= 0.3 is 0 Å². The Bertz CT molecular complexity index is 939. The van der Waals surface area contributed by atoms with E-state index in [9.17, 15) is 14.9 Å². The lowest BCUT2D eigenvalue weighted by Crippen LogP contribution is -2.15. The van der Waals surface area contributed by atoms with Crippen LogP contribution in [0.1, 0.15) is 13.3 Å². The highest BCUT2D eigenvalue weighted by Crippen LogP contribution is 2.26. The molecule has 9 nitrogen and oxygen atoms in total. The molecule has 1 aromatic carbocycles. The smallest absolute Gasteiger partial charge is 0.292 e. The van der Waals surface area contributed by atoms with E-state index in [0.29, 0.717) is 23.3 Å². The molecule has 3 rings (SSSR count). The molecule has 2 heterocycles. The molecule has 1 amide bonds. The molecule has 0 saturated carbocycles. The molecular weight excluding hydrogens is 370 g/mol. The number of nitrogens with one attached hydrogen (secondary N) is 1. The maximum atomic E-state index is 12.2. The van der Waals surface area contributed by atoms with Crippen molar-refractivity contribution in [3.05, 3.63) is 52.8 Å². The third kappa shape index (κ3) is 4.34. The van der Waals surface area contributed by atoms with Crippen LogP contribution in [0, 0.1) is 10.1 Å². The van der Waals surface area contributed by atoms with Crippen molar-refractivity contribution in [3.63, 3.8) is 0 Å². The molecule has 27 heavy (non-hydrogen) atoms. The lowest BCUT2D eigenvalue weighted by Gasteiger charge is -2.08. The molecule has 0 fully saturated rings. The van der Waals surface area contributed by atoms with Crippen LogP contribution in [0.3, 0.4) is 0 Å². The number of aromatic nitrogens is 3. The van der Waals surface area contributed by atoms with Crippen molar-refractivity contribution in [3.8, 4) is 11.6 Å². The molecule has 140 valence electrons. The van der Waals surface area contributed by atoms with Crippen LogP contribution < -0.4 is 5.32 Å². The van der Waals surface area contributed by atoms with Crippen molar-refractivity contribution in [2.24, 2.45) is 0 Å². The van der Waals surface area contributed by atoms with Crippen LogP contribution in [0.25, 0.3) is 11.6 Å². The predicted octanol–water partition coefficient (Wildman–Crippen LogP) is 3.59. The quantitative estimate of drug-likeness (QED) is 0.357. The van der Waals surface area contributed by atoms with Crippen molar-refractivity contribution in [1.29, 1.82) is 0 Å². The van der Waals surface area contributed by atoms with Gasteiger partial charge in [-0.25, -0.2) is 0 Å². The van der Waals surface area contributed by atoms with Crippen LogP contribution >= 0.6 is 11.8 Å². The second-order valence-corrected chi connectivity index (χ2v) is 6.49. The van der Waals surface area contributed by atoms with E-state index in [1.54, 1.807) is 30.5 Å². The van der Waals surface area contributed by atoms with Gasteiger partial charge in [0, 0.05) is 12.6 Å². The Kier molecular flexibility index (Phi) is 5.87. The molecule has 0 aliphatic rings. The molecule has 0 atom stereocenters. The van der Waals surface area contributed by atoms with Gasteiger partial charge in [-0.15, -0.1) is 10.2 Å². The van der Waals surface area contributed by atoms with Crippen LogP contribution in [0.2, 0.25) is 0 Å². The van der Waals surface area contributed by atoms with E-state index in [0.717, 1.165) is 6.42 Å². The minimum Gasteiger partial charge on any atom is -0.461 e. The van der Waals surface area contributed by atoms with Crippen molar-refractivity contribution in [1.82, 2.24) is 14.8 Å².